The summed E-state index contributed by atoms with van der Waals surface area (Å²) in [4.78, 5) is 0. The number of allylic oxidation sites excluding steroid dienone is 1. The topological polar surface area (TPSA) is 29.9 Å². The largest absolute Gasteiger partial charge is 0.314 e. The van der Waals surface area contributed by atoms with Gasteiger partial charge in [0.2, 0.25) is 0 Å². The quantitative estimate of drug-likeness (QED) is 0.492. The maximum atomic E-state index is 4.52. The van der Waals surface area contributed by atoms with Crippen LogP contribution in [0.3, 0.4) is 0 Å². The zero-order chi connectivity index (χ0) is 15.7. The summed E-state index contributed by atoms with van der Waals surface area (Å²) >= 11 is 0. The summed E-state index contributed by atoms with van der Waals surface area (Å²) in [5.41, 5.74) is 3.94. The molecule has 0 saturated carbocycles. The summed E-state index contributed by atoms with van der Waals surface area (Å²) in [5.74, 6) is 0. The Balaban J connectivity index is 2.41. The van der Waals surface area contributed by atoms with Crippen molar-refractivity contribution in [1.29, 1.82) is 0 Å². The Bertz CT molecular complexity index is 420. The monoisotopic (exact) mass is 291 g/mol. The van der Waals surface area contributed by atoms with E-state index in [1.165, 1.54) is 49.1 Å². The summed E-state index contributed by atoms with van der Waals surface area (Å²) < 4.78 is 2.00. The number of hydrogen-bond acceptors (Lipinski definition) is 2. The molecule has 0 bridgehead atoms. The molecule has 0 amide bonds. The zero-order valence-electron chi connectivity index (χ0n) is 14.4. The highest BCUT2D eigenvalue weighted by atomic mass is 15.3. The maximum absolute atomic E-state index is 4.52. The van der Waals surface area contributed by atoms with Gasteiger partial charge in [0, 0.05) is 18.8 Å². The van der Waals surface area contributed by atoms with Gasteiger partial charge in [-0.3, -0.25) is 4.68 Å². The number of unbranched alkanes of at least 4 members (excludes halogenated alkanes) is 3. The molecule has 21 heavy (non-hydrogen) atoms. The molecule has 0 radical (unpaired) electrons. The third-order valence-electron chi connectivity index (χ3n) is 4.36. The van der Waals surface area contributed by atoms with E-state index < -0.39 is 0 Å². The van der Waals surface area contributed by atoms with Crippen LogP contribution in [0, 0.1) is 13.8 Å². The molecule has 0 aliphatic rings. The molecule has 1 aromatic heterocycles. The minimum atomic E-state index is 0.637. The molecular weight excluding hydrogens is 258 g/mol. The van der Waals surface area contributed by atoms with Crippen LogP contribution in [0.4, 0.5) is 0 Å². The average molecular weight is 291 g/mol. The van der Waals surface area contributed by atoms with Crippen molar-refractivity contribution in [3.8, 4) is 0 Å². The van der Waals surface area contributed by atoms with Gasteiger partial charge in [-0.1, -0.05) is 25.8 Å². The molecule has 0 aliphatic carbocycles. The minimum absolute atomic E-state index is 0.637. The third kappa shape index (κ3) is 6.04. The number of hydrogen-bond donors (Lipinski definition) is 1. The lowest BCUT2D eigenvalue weighted by Gasteiger charge is -2.18. The Morgan fingerprint density at radius 3 is 2.57 bits per heavy atom. The smallest absolute Gasteiger partial charge is 0.0628 e. The summed E-state index contributed by atoms with van der Waals surface area (Å²) in [5, 5.41) is 8.16. The molecule has 0 aromatic carbocycles. The van der Waals surface area contributed by atoms with Crippen LogP contribution in [-0.2, 0) is 13.5 Å². The Morgan fingerprint density at radius 2 is 2.00 bits per heavy atom. The summed E-state index contributed by atoms with van der Waals surface area (Å²) in [7, 11) is 2.03. The maximum Gasteiger partial charge on any atom is 0.0628 e. The van der Waals surface area contributed by atoms with Crippen molar-refractivity contribution >= 4 is 0 Å². The van der Waals surface area contributed by atoms with Crippen molar-refractivity contribution in [1.82, 2.24) is 15.1 Å². The van der Waals surface area contributed by atoms with Crippen LogP contribution in [-0.4, -0.2) is 22.4 Å². The number of rotatable bonds is 11. The van der Waals surface area contributed by atoms with E-state index >= 15 is 0 Å². The Labute approximate surface area is 130 Å². The van der Waals surface area contributed by atoms with Gasteiger partial charge in [0.25, 0.3) is 0 Å². The molecule has 1 heterocycles. The van der Waals surface area contributed by atoms with Crippen LogP contribution >= 0.6 is 0 Å². The van der Waals surface area contributed by atoms with Gasteiger partial charge in [0.05, 0.1) is 5.69 Å². The van der Waals surface area contributed by atoms with Crippen molar-refractivity contribution in [2.75, 3.05) is 6.54 Å². The van der Waals surface area contributed by atoms with E-state index in [9.17, 15) is 0 Å². The molecule has 0 spiro atoms. The van der Waals surface area contributed by atoms with Crippen LogP contribution < -0.4 is 5.32 Å². The van der Waals surface area contributed by atoms with Crippen molar-refractivity contribution in [3.63, 3.8) is 0 Å². The van der Waals surface area contributed by atoms with Gasteiger partial charge in [-0.2, -0.15) is 5.10 Å². The Morgan fingerprint density at radius 1 is 1.24 bits per heavy atom. The molecule has 1 unspecified atom stereocenters. The van der Waals surface area contributed by atoms with Gasteiger partial charge in [-0.05, 0) is 58.1 Å². The van der Waals surface area contributed by atoms with E-state index in [4.69, 9.17) is 0 Å². The molecule has 1 atom stereocenters. The van der Waals surface area contributed by atoms with Gasteiger partial charge in [0.15, 0.2) is 0 Å². The fraction of sp³-hybridized carbons (Fsp3) is 0.722. The van der Waals surface area contributed by atoms with Crippen molar-refractivity contribution in [2.45, 2.75) is 71.8 Å². The normalized spacial score (nSPS) is 12.6. The van der Waals surface area contributed by atoms with Gasteiger partial charge >= 0.3 is 0 Å². The second-order valence-corrected chi connectivity index (χ2v) is 5.99. The van der Waals surface area contributed by atoms with Gasteiger partial charge in [0.1, 0.15) is 0 Å². The molecule has 3 heteroatoms. The van der Waals surface area contributed by atoms with Gasteiger partial charge < -0.3 is 5.32 Å². The lowest BCUT2D eigenvalue weighted by atomic mass is 9.99. The molecule has 0 saturated heterocycles. The number of nitrogens with zero attached hydrogens (tertiary/aromatic N) is 2. The SMILES string of the molecule is C=CCCCCCC(CCc1c(C)nn(C)c1C)NCC. The first-order chi connectivity index (χ1) is 10.1. The fourth-order valence-electron chi connectivity index (χ4n) is 2.99. The van der Waals surface area contributed by atoms with Crippen LogP contribution in [0.15, 0.2) is 12.7 Å². The summed E-state index contributed by atoms with van der Waals surface area (Å²) in [6.07, 6.45) is 10.7. The first-order valence-electron chi connectivity index (χ1n) is 8.43. The van der Waals surface area contributed by atoms with Crippen molar-refractivity contribution in [2.24, 2.45) is 7.05 Å². The molecule has 1 aromatic rings. The van der Waals surface area contributed by atoms with Crippen molar-refractivity contribution < 1.29 is 0 Å². The van der Waals surface area contributed by atoms with Crippen molar-refractivity contribution in [3.05, 3.63) is 29.6 Å². The zero-order valence-corrected chi connectivity index (χ0v) is 14.4. The summed E-state index contributed by atoms with van der Waals surface area (Å²) in [6.45, 7) is 11.3. The Hall–Kier alpha value is -1.09. The molecule has 3 nitrogen and oxygen atoms in total. The first-order valence-corrected chi connectivity index (χ1v) is 8.43. The third-order valence-corrected chi connectivity index (χ3v) is 4.36. The van der Waals surface area contributed by atoms with Crippen LogP contribution in [0.1, 0.15) is 62.4 Å². The molecular formula is C18H33N3. The molecule has 0 fully saturated rings. The van der Waals surface area contributed by atoms with E-state index in [1.807, 2.05) is 17.8 Å². The van der Waals surface area contributed by atoms with Crippen LogP contribution in [0.2, 0.25) is 0 Å². The van der Waals surface area contributed by atoms with Gasteiger partial charge in [-0.25, -0.2) is 0 Å². The second-order valence-electron chi connectivity index (χ2n) is 5.99. The van der Waals surface area contributed by atoms with E-state index in [-0.39, 0.29) is 0 Å². The standard InChI is InChI=1S/C18H33N3/c1-6-8-9-10-11-12-17(19-7-2)13-14-18-15(3)20-21(5)16(18)4/h6,17,19H,1,7-14H2,2-5H3. The van der Waals surface area contributed by atoms with E-state index in [1.54, 1.807) is 0 Å². The average Bonchev–Trinajstić information content (AvgIpc) is 2.69. The minimum Gasteiger partial charge on any atom is -0.314 e. The lowest BCUT2D eigenvalue weighted by molar-refractivity contribution is 0.442. The Kier molecular flexibility index (Phi) is 8.36. The van der Waals surface area contributed by atoms with E-state index in [0.29, 0.717) is 6.04 Å². The number of aromatic nitrogens is 2. The molecule has 0 aliphatic heterocycles. The highest BCUT2D eigenvalue weighted by Gasteiger charge is 2.12. The predicted octanol–water partition coefficient (Wildman–Crippen LogP) is 4.08. The van der Waals surface area contributed by atoms with Crippen LogP contribution in [0.25, 0.3) is 0 Å². The van der Waals surface area contributed by atoms with E-state index in [0.717, 1.165) is 19.4 Å². The first kappa shape index (κ1) is 18.0. The number of nitrogens with one attached hydrogen (secondary N) is 1. The van der Waals surface area contributed by atoms with Gasteiger partial charge in [-0.15, -0.1) is 6.58 Å². The second kappa shape index (κ2) is 9.78. The highest BCUT2D eigenvalue weighted by molar-refractivity contribution is 5.24. The predicted molar refractivity (Wildman–Crippen MR) is 91.7 cm³/mol. The summed E-state index contributed by atoms with van der Waals surface area (Å²) in [6, 6.07) is 0.637. The number of aryl methyl sites for hydroxylation is 2. The van der Waals surface area contributed by atoms with E-state index in [2.05, 4.69) is 37.8 Å². The molecule has 1 rings (SSSR count). The fourth-order valence-corrected chi connectivity index (χ4v) is 2.99. The molecule has 120 valence electrons. The molecule has 1 N–H and O–H groups in total. The van der Waals surface area contributed by atoms with Crippen LogP contribution in [0.5, 0.6) is 0 Å². The highest BCUT2D eigenvalue weighted by Crippen LogP contribution is 2.17. The lowest BCUT2D eigenvalue weighted by Crippen LogP contribution is -2.29.